The van der Waals surface area contributed by atoms with E-state index in [-0.39, 0.29) is 33.9 Å². The molecule has 0 atom stereocenters. The van der Waals surface area contributed by atoms with Gasteiger partial charge in [0.25, 0.3) is 11.8 Å². The minimum atomic E-state index is -0.468. The van der Waals surface area contributed by atoms with Crippen LogP contribution in [0.15, 0.2) is 41.1 Å². The second-order valence-electron chi connectivity index (χ2n) is 6.97. The van der Waals surface area contributed by atoms with Crippen molar-refractivity contribution in [3.8, 4) is 5.82 Å². The molecule has 0 unspecified atom stereocenters. The molecule has 1 N–H and O–H groups in total. The highest BCUT2D eigenvalue weighted by atomic mass is 79.9. The number of nitrogens with zero attached hydrogens (tertiary/aromatic N) is 4. The van der Waals surface area contributed by atoms with E-state index in [2.05, 4.69) is 31.3 Å². The molecule has 7 nitrogen and oxygen atoms in total. The summed E-state index contributed by atoms with van der Waals surface area (Å²) < 4.78 is 1.75. The number of anilines is 1. The number of aromatic nitrogens is 3. The highest BCUT2D eigenvalue weighted by Gasteiger charge is 2.30. The van der Waals surface area contributed by atoms with Crippen molar-refractivity contribution in [3.63, 3.8) is 0 Å². The fraction of sp³-hybridized carbons (Fsp3) is 0.200. The summed E-state index contributed by atoms with van der Waals surface area (Å²) in [5, 5.41) is 7.98. The van der Waals surface area contributed by atoms with Gasteiger partial charge < -0.3 is 10.2 Å². The number of carbonyl (C=O) groups is 2. The molecule has 1 fully saturated rings. The van der Waals surface area contributed by atoms with Gasteiger partial charge in [-0.3, -0.25) is 9.59 Å². The minimum absolute atomic E-state index is 0.128. The summed E-state index contributed by atoms with van der Waals surface area (Å²) in [6.07, 6.45) is 3.38. The summed E-state index contributed by atoms with van der Waals surface area (Å²) in [5.74, 6) is -0.519. The van der Waals surface area contributed by atoms with Gasteiger partial charge in [-0.25, -0.2) is 9.67 Å². The predicted octanol–water partition coefficient (Wildman–Crippen LogP) is 5.16. The second-order valence-corrected chi connectivity index (χ2v) is 9.03. The zero-order valence-corrected chi connectivity index (χ0v) is 19.9. The summed E-state index contributed by atoms with van der Waals surface area (Å²) in [6, 6.07) is 7.97. The number of benzene rings is 1. The van der Waals surface area contributed by atoms with Gasteiger partial charge in [-0.2, -0.15) is 5.10 Å². The Morgan fingerprint density at radius 1 is 1.19 bits per heavy atom. The van der Waals surface area contributed by atoms with Gasteiger partial charge in [0, 0.05) is 30.4 Å². The Morgan fingerprint density at radius 2 is 1.94 bits per heavy atom. The van der Waals surface area contributed by atoms with Crippen LogP contribution in [0.4, 0.5) is 5.69 Å². The zero-order valence-electron chi connectivity index (χ0n) is 16.1. The molecular formula is C20H15BrCl3N5O2. The summed E-state index contributed by atoms with van der Waals surface area (Å²) in [4.78, 5) is 31.8. The predicted molar refractivity (Wildman–Crippen MR) is 124 cm³/mol. The molecule has 2 heterocycles. The second kappa shape index (κ2) is 8.78. The van der Waals surface area contributed by atoms with Crippen LogP contribution in [0.25, 0.3) is 5.82 Å². The van der Waals surface area contributed by atoms with Gasteiger partial charge in [0.15, 0.2) is 5.82 Å². The normalized spacial score (nSPS) is 13.2. The first kappa shape index (κ1) is 22.1. The van der Waals surface area contributed by atoms with Crippen molar-refractivity contribution in [2.24, 2.45) is 0 Å². The number of hydrogen-bond donors (Lipinski definition) is 1. The van der Waals surface area contributed by atoms with Crippen molar-refractivity contribution in [3.05, 3.63) is 67.5 Å². The Kier molecular flexibility index (Phi) is 6.25. The van der Waals surface area contributed by atoms with Crippen molar-refractivity contribution >= 4 is 68.2 Å². The van der Waals surface area contributed by atoms with E-state index in [9.17, 15) is 9.59 Å². The first-order valence-electron chi connectivity index (χ1n) is 9.20. The summed E-state index contributed by atoms with van der Waals surface area (Å²) >= 11 is 22.1. The van der Waals surface area contributed by atoms with Crippen LogP contribution in [0.1, 0.15) is 33.7 Å². The topological polar surface area (TPSA) is 80.1 Å². The van der Waals surface area contributed by atoms with Crippen LogP contribution in [0, 0.1) is 0 Å². The molecule has 0 bridgehead atoms. The summed E-state index contributed by atoms with van der Waals surface area (Å²) in [6.45, 7) is 0. The maximum absolute atomic E-state index is 13.5. The molecule has 0 radical (unpaired) electrons. The number of halogens is 4. The summed E-state index contributed by atoms with van der Waals surface area (Å²) in [7, 11) is 1.52. The molecule has 1 saturated carbocycles. The molecule has 1 aliphatic rings. The quantitative estimate of drug-likeness (QED) is 0.482. The Labute approximate surface area is 201 Å². The fourth-order valence-corrected chi connectivity index (χ4v) is 4.24. The zero-order chi connectivity index (χ0) is 22.3. The van der Waals surface area contributed by atoms with E-state index in [1.807, 2.05) is 0 Å². The summed E-state index contributed by atoms with van der Waals surface area (Å²) in [5.41, 5.74) is 0.626. The maximum Gasteiger partial charge on any atom is 0.276 e. The Hall–Kier alpha value is -2.13. The van der Waals surface area contributed by atoms with Crippen LogP contribution in [-0.2, 0) is 0 Å². The monoisotopic (exact) mass is 541 g/mol. The van der Waals surface area contributed by atoms with Crippen LogP contribution in [-0.4, -0.2) is 39.7 Å². The van der Waals surface area contributed by atoms with E-state index < -0.39 is 5.91 Å². The standard InChI is InChI=1S/C20H15BrCl3N5O2/c1-28(17-12(7-10(22)8-14(17)24)19(30)26-11-4-5-11)20(31)15-9-16(21)27-29(15)18-13(23)3-2-6-25-18/h2-3,6-9,11H,4-5H2,1H3,(H,26,30). The van der Waals surface area contributed by atoms with E-state index in [4.69, 9.17) is 34.8 Å². The number of carbonyl (C=O) groups excluding carboxylic acids is 2. The SMILES string of the molecule is CN(C(=O)c1cc(Br)nn1-c1ncccc1Cl)c1c(Cl)cc(Cl)cc1C(=O)NC1CC1. The maximum atomic E-state index is 13.5. The number of nitrogens with one attached hydrogen (secondary N) is 1. The molecule has 0 saturated heterocycles. The third-order valence-electron chi connectivity index (χ3n) is 4.66. The number of rotatable bonds is 5. The molecule has 2 amide bonds. The highest BCUT2D eigenvalue weighted by Crippen LogP contribution is 2.35. The van der Waals surface area contributed by atoms with E-state index in [1.165, 1.54) is 34.8 Å². The van der Waals surface area contributed by atoms with Crippen molar-refractivity contribution in [2.45, 2.75) is 18.9 Å². The average Bonchev–Trinajstić information content (AvgIpc) is 3.45. The smallest absolute Gasteiger partial charge is 0.276 e. The largest absolute Gasteiger partial charge is 0.349 e. The van der Waals surface area contributed by atoms with E-state index in [0.717, 1.165) is 12.8 Å². The van der Waals surface area contributed by atoms with Crippen LogP contribution in [0.2, 0.25) is 15.1 Å². The first-order valence-corrected chi connectivity index (χ1v) is 11.1. The third-order valence-corrected chi connectivity index (χ3v) is 5.85. The van der Waals surface area contributed by atoms with E-state index in [1.54, 1.807) is 18.3 Å². The van der Waals surface area contributed by atoms with Crippen molar-refractivity contribution < 1.29 is 9.59 Å². The van der Waals surface area contributed by atoms with Crippen LogP contribution in [0.5, 0.6) is 0 Å². The Bertz CT molecular complexity index is 1200. The lowest BCUT2D eigenvalue weighted by Crippen LogP contribution is -2.33. The molecule has 2 aromatic heterocycles. The number of pyridine rings is 1. The third kappa shape index (κ3) is 4.57. The molecule has 0 aliphatic heterocycles. The van der Waals surface area contributed by atoms with E-state index in [0.29, 0.717) is 20.5 Å². The van der Waals surface area contributed by atoms with Gasteiger partial charge in [-0.15, -0.1) is 0 Å². The van der Waals surface area contributed by atoms with Gasteiger partial charge in [-0.05, 0) is 53.0 Å². The fourth-order valence-electron chi connectivity index (χ4n) is 3.04. The average molecular weight is 544 g/mol. The Morgan fingerprint density at radius 3 is 2.61 bits per heavy atom. The van der Waals surface area contributed by atoms with Crippen LogP contribution in [0.3, 0.4) is 0 Å². The molecule has 4 rings (SSSR count). The number of amides is 2. The van der Waals surface area contributed by atoms with Gasteiger partial charge in [0.2, 0.25) is 0 Å². The lowest BCUT2D eigenvalue weighted by molar-refractivity contribution is 0.0951. The molecular weight excluding hydrogens is 529 g/mol. The molecule has 31 heavy (non-hydrogen) atoms. The van der Waals surface area contributed by atoms with Crippen LogP contribution >= 0.6 is 50.7 Å². The molecule has 3 aromatic rings. The highest BCUT2D eigenvalue weighted by molar-refractivity contribution is 9.10. The van der Waals surface area contributed by atoms with E-state index >= 15 is 0 Å². The lowest BCUT2D eigenvalue weighted by atomic mass is 10.1. The Balaban J connectivity index is 1.76. The van der Waals surface area contributed by atoms with Gasteiger partial charge >= 0.3 is 0 Å². The first-order chi connectivity index (χ1) is 14.8. The minimum Gasteiger partial charge on any atom is -0.349 e. The van der Waals surface area contributed by atoms with Crippen molar-refractivity contribution in [1.29, 1.82) is 0 Å². The molecule has 0 spiro atoms. The molecule has 11 heteroatoms. The van der Waals surface area contributed by atoms with Crippen molar-refractivity contribution in [2.75, 3.05) is 11.9 Å². The van der Waals surface area contributed by atoms with Gasteiger partial charge in [-0.1, -0.05) is 34.8 Å². The van der Waals surface area contributed by atoms with Crippen molar-refractivity contribution in [1.82, 2.24) is 20.1 Å². The molecule has 1 aliphatic carbocycles. The van der Waals surface area contributed by atoms with Crippen LogP contribution < -0.4 is 10.2 Å². The molecule has 1 aromatic carbocycles. The van der Waals surface area contributed by atoms with Gasteiger partial charge in [0.05, 0.1) is 21.3 Å². The van der Waals surface area contributed by atoms with Gasteiger partial charge in [0.1, 0.15) is 10.3 Å². The lowest BCUT2D eigenvalue weighted by Gasteiger charge is -2.22. The number of hydrogen-bond acceptors (Lipinski definition) is 4. The molecule has 160 valence electrons.